The van der Waals surface area contributed by atoms with Crippen molar-refractivity contribution in [2.24, 2.45) is 0 Å². The predicted octanol–water partition coefficient (Wildman–Crippen LogP) is 4.96. The molecule has 1 aromatic carbocycles. The molecule has 0 unspecified atom stereocenters. The van der Waals surface area contributed by atoms with E-state index in [9.17, 15) is 23.5 Å². The van der Waals surface area contributed by atoms with Gasteiger partial charge in [-0.05, 0) is 19.1 Å². The molecule has 29 heavy (non-hydrogen) atoms. The van der Waals surface area contributed by atoms with Crippen molar-refractivity contribution in [2.45, 2.75) is 13.5 Å². The number of aromatic carboxylic acids is 1. The first-order chi connectivity index (χ1) is 13.7. The highest BCUT2D eigenvalue weighted by Crippen LogP contribution is 2.32. The summed E-state index contributed by atoms with van der Waals surface area (Å²) in [6, 6.07) is 6.06. The number of rotatable bonds is 5. The molecule has 0 aliphatic carbocycles. The van der Waals surface area contributed by atoms with Crippen LogP contribution in [0.2, 0.25) is 10.0 Å². The molecule has 0 fully saturated rings. The summed E-state index contributed by atoms with van der Waals surface area (Å²) in [4.78, 5) is 28.0. The van der Waals surface area contributed by atoms with Gasteiger partial charge >= 0.3 is 5.97 Å². The lowest BCUT2D eigenvalue weighted by molar-refractivity contribution is 0.0695. The summed E-state index contributed by atoms with van der Waals surface area (Å²) in [5.74, 6) is -3.52. The SMILES string of the molecule is CCn1c(Nc2ncc(F)cc2F)cc(=O)c(C(=O)O)c1-c1ccc(Cl)c(Cl)c1. The summed E-state index contributed by atoms with van der Waals surface area (Å²) in [6.07, 6.45) is 0.811. The Balaban J connectivity index is 2.28. The van der Waals surface area contributed by atoms with Crippen LogP contribution in [0, 0.1) is 11.6 Å². The van der Waals surface area contributed by atoms with Crippen molar-refractivity contribution >= 4 is 40.8 Å². The van der Waals surface area contributed by atoms with Crippen molar-refractivity contribution in [3.8, 4) is 11.3 Å². The van der Waals surface area contributed by atoms with Gasteiger partial charge in [0.1, 0.15) is 17.2 Å². The Labute approximate surface area is 173 Å². The summed E-state index contributed by atoms with van der Waals surface area (Å²) in [5.41, 5.74) is -0.917. The smallest absolute Gasteiger partial charge is 0.341 e. The first-order valence-electron chi connectivity index (χ1n) is 8.27. The highest BCUT2D eigenvalue weighted by Gasteiger charge is 2.23. The first-order valence-corrected chi connectivity index (χ1v) is 9.03. The predicted molar refractivity (Wildman–Crippen MR) is 106 cm³/mol. The fourth-order valence-corrected chi connectivity index (χ4v) is 3.15. The fraction of sp³-hybridized carbons (Fsp3) is 0.105. The van der Waals surface area contributed by atoms with Crippen LogP contribution >= 0.6 is 23.2 Å². The van der Waals surface area contributed by atoms with Crippen LogP contribution in [-0.2, 0) is 6.54 Å². The largest absolute Gasteiger partial charge is 0.477 e. The second-order valence-electron chi connectivity index (χ2n) is 5.90. The van der Waals surface area contributed by atoms with Gasteiger partial charge in [0.25, 0.3) is 0 Å². The number of anilines is 2. The van der Waals surface area contributed by atoms with Gasteiger partial charge in [-0.2, -0.15) is 0 Å². The second kappa shape index (κ2) is 8.18. The van der Waals surface area contributed by atoms with Crippen LogP contribution in [0.4, 0.5) is 20.4 Å². The monoisotopic (exact) mass is 439 g/mol. The maximum absolute atomic E-state index is 14.0. The van der Waals surface area contributed by atoms with E-state index in [1.54, 1.807) is 6.92 Å². The van der Waals surface area contributed by atoms with E-state index in [0.717, 1.165) is 12.3 Å². The minimum absolute atomic E-state index is 0.0519. The fourth-order valence-electron chi connectivity index (χ4n) is 2.86. The maximum Gasteiger partial charge on any atom is 0.341 e. The van der Waals surface area contributed by atoms with Gasteiger partial charge in [0.05, 0.1) is 21.9 Å². The summed E-state index contributed by atoms with van der Waals surface area (Å²) < 4.78 is 28.6. The molecule has 0 atom stereocenters. The lowest BCUT2D eigenvalue weighted by Gasteiger charge is -2.20. The van der Waals surface area contributed by atoms with Crippen LogP contribution in [0.3, 0.4) is 0 Å². The molecule has 0 radical (unpaired) electrons. The first kappa shape index (κ1) is 20.8. The molecule has 2 aromatic heterocycles. The van der Waals surface area contributed by atoms with Crippen molar-refractivity contribution in [1.82, 2.24) is 9.55 Å². The van der Waals surface area contributed by atoms with Crippen LogP contribution in [0.5, 0.6) is 0 Å². The number of hydrogen-bond acceptors (Lipinski definition) is 4. The van der Waals surface area contributed by atoms with Gasteiger partial charge in [-0.25, -0.2) is 18.6 Å². The molecule has 0 spiro atoms. The molecule has 0 aliphatic heterocycles. The van der Waals surface area contributed by atoms with E-state index in [1.807, 2.05) is 0 Å². The molecule has 0 amide bonds. The highest BCUT2D eigenvalue weighted by atomic mass is 35.5. The molecule has 0 saturated carbocycles. The Morgan fingerprint density at radius 3 is 2.52 bits per heavy atom. The lowest BCUT2D eigenvalue weighted by atomic mass is 10.0. The van der Waals surface area contributed by atoms with Crippen molar-refractivity contribution in [3.63, 3.8) is 0 Å². The Morgan fingerprint density at radius 1 is 1.21 bits per heavy atom. The second-order valence-corrected chi connectivity index (χ2v) is 6.72. The highest BCUT2D eigenvalue weighted by molar-refractivity contribution is 6.42. The van der Waals surface area contributed by atoms with E-state index >= 15 is 0 Å². The van der Waals surface area contributed by atoms with E-state index in [4.69, 9.17) is 23.2 Å². The van der Waals surface area contributed by atoms with Crippen molar-refractivity contribution < 1.29 is 18.7 Å². The van der Waals surface area contributed by atoms with Gasteiger partial charge in [-0.3, -0.25) is 4.79 Å². The van der Waals surface area contributed by atoms with Crippen molar-refractivity contribution in [2.75, 3.05) is 5.32 Å². The normalized spacial score (nSPS) is 10.8. The quantitative estimate of drug-likeness (QED) is 0.586. The van der Waals surface area contributed by atoms with Crippen LogP contribution < -0.4 is 10.7 Å². The Kier molecular flexibility index (Phi) is 5.86. The maximum atomic E-state index is 14.0. The summed E-state index contributed by atoms with van der Waals surface area (Å²) in [5, 5.41) is 12.6. The Hall–Kier alpha value is -2.97. The number of aromatic nitrogens is 2. The third-order valence-corrected chi connectivity index (χ3v) is 4.83. The number of hydrogen-bond donors (Lipinski definition) is 2. The molecule has 10 heteroatoms. The molecule has 0 bridgehead atoms. The van der Waals surface area contributed by atoms with Crippen LogP contribution in [0.15, 0.2) is 41.3 Å². The van der Waals surface area contributed by atoms with E-state index in [0.29, 0.717) is 11.6 Å². The summed E-state index contributed by atoms with van der Waals surface area (Å²) in [6.45, 7) is 1.91. The number of carboxylic acid groups (broad SMARTS) is 1. The Morgan fingerprint density at radius 2 is 1.93 bits per heavy atom. The lowest BCUT2D eigenvalue weighted by Crippen LogP contribution is -2.23. The number of pyridine rings is 2. The Bertz CT molecular complexity index is 1180. The zero-order chi connectivity index (χ0) is 21.3. The van der Waals surface area contributed by atoms with Gasteiger partial charge < -0.3 is 15.0 Å². The summed E-state index contributed by atoms with van der Waals surface area (Å²) >= 11 is 12.0. The molecule has 2 heterocycles. The molecular formula is C19H13Cl2F2N3O3. The molecule has 6 nitrogen and oxygen atoms in total. The average Bonchev–Trinajstić information content (AvgIpc) is 2.65. The molecule has 3 aromatic rings. The zero-order valence-electron chi connectivity index (χ0n) is 14.8. The van der Waals surface area contributed by atoms with Gasteiger partial charge in [0.2, 0.25) is 0 Å². The van der Waals surface area contributed by atoms with E-state index in [2.05, 4.69) is 10.3 Å². The molecule has 0 saturated heterocycles. The minimum atomic E-state index is -1.43. The number of carbonyl (C=O) groups is 1. The van der Waals surface area contributed by atoms with Crippen LogP contribution in [-0.4, -0.2) is 20.6 Å². The standard InChI is InChI=1S/C19H13Cl2F2N3O3/c1-2-26-15(25-18-13(23)6-10(22)8-24-18)7-14(27)16(19(28)29)17(26)9-3-4-11(20)12(21)5-9/h3-8H,2H2,1H3,(H,24,25)(H,28,29). The van der Waals surface area contributed by atoms with Crippen LogP contribution in [0.25, 0.3) is 11.3 Å². The number of nitrogens with one attached hydrogen (secondary N) is 1. The van der Waals surface area contributed by atoms with Gasteiger partial charge in [0, 0.05) is 24.2 Å². The number of halogens is 4. The van der Waals surface area contributed by atoms with Gasteiger partial charge in [-0.15, -0.1) is 0 Å². The van der Waals surface area contributed by atoms with E-state index < -0.39 is 28.6 Å². The number of carboxylic acids is 1. The molecule has 150 valence electrons. The number of nitrogens with zero attached hydrogens (tertiary/aromatic N) is 2. The molecule has 3 rings (SSSR count). The topological polar surface area (TPSA) is 84.2 Å². The van der Waals surface area contributed by atoms with Crippen LogP contribution in [0.1, 0.15) is 17.3 Å². The number of benzene rings is 1. The third-order valence-electron chi connectivity index (χ3n) is 4.09. The van der Waals surface area contributed by atoms with Crippen molar-refractivity contribution in [3.05, 3.63) is 74.0 Å². The molecular weight excluding hydrogens is 427 g/mol. The van der Waals surface area contributed by atoms with Gasteiger partial charge in [-0.1, -0.05) is 29.3 Å². The van der Waals surface area contributed by atoms with Crippen molar-refractivity contribution in [1.29, 1.82) is 0 Å². The minimum Gasteiger partial charge on any atom is -0.477 e. The zero-order valence-corrected chi connectivity index (χ0v) is 16.4. The molecule has 2 N–H and O–H groups in total. The van der Waals surface area contributed by atoms with Gasteiger partial charge in [0.15, 0.2) is 17.1 Å². The van der Waals surface area contributed by atoms with E-state index in [-0.39, 0.29) is 33.9 Å². The average molecular weight is 440 g/mol. The van der Waals surface area contributed by atoms with E-state index in [1.165, 1.54) is 22.8 Å². The summed E-state index contributed by atoms with van der Waals surface area (Å²) in [7, 11) is 0. The molecule has 0 aliphatic rings. The third kappa shape index (κ3) is 4.08.